The second kappa shape index (κ2) is 6.86. The molecule has 1 saturated carbocycles. The van der Waals surface area contributed by atoms with Gasteiger partial charge in [-0.25, -0.2) is 0 Å². The van der Waals surface area contributed by atoms with Crippen molar-refractivity contribution in [3.05, 3.63) is 0 Å². The maximum Gasteiger partial charge on any atom is 0.306 e. The van der Waals surface area contributed by atoms with Gasteiger partial charge in [-0.3, -0.25) is 4.79 Å². The highest BCUT2D eigenvalue weighted by atomic mass is 16.4. The summed E-state index contributed by atoms with van der Waals surface area (Å²) >= 11 is 0. The van der Waals surface area contributed by atoms with E-state index in [9.17, 15) is 4.79 Å². The predicted molar refractivity (Wildman–Crippen MR) is 64.6 cm³/mol. The van der Waals surface area contributed by atoms with Crippen LogP contribution >= 0.6 is 0 Å². The van der Waals surface area contributed by atoms with E-state index in [4.69, 9.17) is 5.11 Å². The van der Waals surface area contributed by atoms with Crippen molar-refractivity contribution >= 4 is 5.97 Å². The predicted octanol–water partition coefficient (Wildman–Crippen LogP) is 1.17. The van der Waals surface area contributed by atoms with Crippen LogP contribution in [0, 0.1) is 5.92 Å². The van der Waals surface area contributed by atoms with Crippen LogP contribution in [0.25, 0.3) is 0 Å². The van der Waals surface area contributed by atoms with Crippen molar-refractivity contribution in [1.82, 2.24) is 10.2 Å². The van der Waals surface area contributed by atoms with Crippen molar-refractivity contribution in [2.45, 2.75) is 38.1 Å². The highest BCUT2D eigenvalue weighted by Gasteiger charge is 2.26. The number of carboxylic acids is 1. The third-order valence-corrected chi connectivity index (χ3v) is 3.24. The molecular weight excluding hydrogens is 204 g/mol. The summed E-state index contributed by atoms with van der Waals surface area (Å²) in [6.07, 6.45) is 4.96. The summed E-state index contributed by atoms with van der Waals surface area (Å²) in [7, 11) is 4.14. The van der Waals surface area contributed by atoms with Gasteiger partial charge in [-0.15, -0.1) is 0 Å². The minimum atomic E-state index is -0.625. The van der Waals surface area contributed by atoms with E-state index in [0.717, 1.165) is 45.2 Å². The van der Waals surface area contributed by atoms with E-state index in [1.807, 2.05) is 0 Å². The third-order valence-electron chi connectivity index (χ3n) is 3.24. The van der Waals surface area contributed by atoms with Crippen LogP contribution in [-0.4, -0.2) is 49.2 Å². The largest absolute Gasteiger partial charge is 0.481 e. The Morgan fingerprint density at radius 1 is 1.44 bits per heavy atom. The van der Waals surface area contributed by atoms with Crippen molar-refractivity contribution in [2.75, 3.05) is 27.2 Å². The molecule has 2 N–H and O–H groups in total. The van der Waals surface area contributed by atoms with Gasteiger partial charge in [0.2, 0.25) is 0 Å². The molecule has 0 radical (unpaired) electrons. The summed E-state index contributed by atoms with van der Waals surface area (Å²) in [6, 6.07) is 0.414. The van der Waals surface area contributed by atoms with Crippen molar-refractivity contribution in [3.63, 3.8) is 0 Å². The Kier molecular flexibility index (Phi) is 5.77. The molecule has 16 heavy (non-hydrogen) atoms. The lowest BCUT2D eigenvalue weighted by Gasteiger charge is -2.27. The SMILES string of the molecule is CN(C)CCCNC1CCCC(C(=O)O)C1. The molecule has 1 aliphatic rings. The summed E-state index contributed by atoms with van der Waals surface area (Å²) in [5, 5.41) is 12.4. The van der Waals surface area contributed by atoms with Crippen LogP contribution in [0.5, 0.6) is 0 Å². The van der Waals surface area contributed by atoms with Crippen molar-refractivity contribution in [3.8, 4) is 0 Å². The molecule has 1 fully saturated rings. The topological polar surface area (TPSA) is 52.6 Å². The Labute approximate surface area is 98.0 Å². The maximum absolute atomic E-state index is 10.9. The van der Waals surface area contributed by atoms with Gasteiger partial charge >= 0.3 is 5.97 Å². The lowest BCUT2D eigenvalue weighted by molar-refractivity contribution is -0.143. The number of carboxylic acid groups (broad SMARTS) is 1. The van der Waals surface area contributed by atoms with Crippen molar-refractivity contribution in [1.29, 1.82) is 0 Å². The Balaban J connectivity index is 2.14. The first-order valence-corrected chi connectivity index (χ1v) is 6.20. The fourth-order valence-corrected chi connectivity index (χ4v) is 2.30. The van der Waals surface area contributed by atoms with Crippen LogP contribution in [0.1, 0.15) is 32.1 Å². The Hall–Kier alpha value is -0.610. The molecule has 0 heterocycles. The van der Waals surface area contributed by atoms with Gasteiger partial charge in [0.1, 0.15) is 0 Å². The summed E-state index contributed by atoms with van der Waals surface area (Å²) in [5.74, 6) is -0.750. The van der Waals surface area contributed by atoms with E-state index < -0.39 is 5.97 Å². The number of carbonyl (C=O) groups is 1. The molecule has 1 rings (SSSR count). The molecule has 1 aliphatic carbocycles. The quantitative estimate of drug-likeness (QED) is 0.670. The zero-order chi connectivity index (χ0) is 12.0. The number of aliphatic carboxylic acids is 1. The van der Waals surface area contributed by atoms with Crippen LogP contribution in [0.3, 0.4) is 0 Å². The third kappa shape index (κ3) is 4.94. The van der Waals surface area contributed by atoms with E-state index in [1.54, 1.807) is 0 Å². The van der Waals surface area contributed by atoms with Gasteiger partial charge in [0, 0.05) is 6.04 Å². The highest BCUT2D eigenvalue weighted by molar-refractivity contribution is 5.70. The van der Waals surface area contributed by atoms with Gasteiger partial charge in [-0.05, 0) is 52.9 Å². The second-order valence-electron chi connectivity index (χ2n) is 5.01. The minimum absolute atomic E-state index is 0.125. The summed E-state index contributed by atoms with van der Waals surface area (Å²) < 4.78 is 0. The molecule has 0 aromatic heterocycles. The molecule has 0 aromatic rings. The van der Waals surface area contributed by atoms with Crippen LogP contribution in [0.15, 0.2) is 0 Å². The van der Waals surface area contributed by atoms with Crippen LogP contribution < -0.4 is 5.32 Å². The molecular formula is C12H24N2O2. The number of rotatable bonds is 6. The highest BCUT2D eigenvalue weighted by Crippen LogP contribution is 2.24. The monoisotopic (exact) mass is 228 g/mol. The number of hydrogen-bond acceptors (Lipinski definition) is 3. The molecule has 4 nitrogen and oxygen atoms in total. The minimum Gasteiger partial charge on any atom is -0.481 e. The first kappa shape index (κ1) is 13.5. The fraction of sp³-hybridized carbons (Fsp3) is 0.917. The Bertz CT molecular complexity index is 219. The lowest BCUT2D eigenvalue weighted by Crippen LogP contribution is -2.37. The molecule has 2 atom stereocenters. The van der Waals surface area contributed by atoms with E-state index >= 15 is 0 Å². The smallest absolute Gasteiger partial charge is 0.306 e. The zero-order valence-electron chi connectivity index (χ0n) is 10.4. The summed E-state index contributed by atoms with van der Waals surface area (Å²) in [6.45, 7) is 2.08. The van der Waals surface area contributed by atoms with Gasteiger partial charge in [-0.1, -0.05) is 6.42 Å². The van der Waals surface area contributed by atoms with E-state index in [-0.39, 0.29) is 5.92 Å². The zero-order valence-corrected chi connectivity index (χ0v) is 10.4. The average molecular weight is 228 g/mol. The standard InChI is InChI=1S/C12H24N2O2/c1-14(2)8-4-7-13-11-6-3-5-10(9-11)12(15)16/h10-11,13H,3-9H2,1-2H3,(H,15,16). The molecule has 0 aliphatic heterocycles. The molecule has 4 heteroatoms. The summed E-state index contributed by atoms with van der Waals surface area (Å²) in [5.41, 5.74) is 0. The fourth-order valence-electron chi connectivity index (χ4n) is 2.30. The molecule has 0 bridgehead atoms. The first-order valence-electron chi connectivity index (χ1n) is 6.20. The summed E-state index contributed by atoms with van der Waals surface area (Å²) in [4.78, 5) is 13.1. The molecule has 0 aromatic carbocycles. The lowest BCUT2D eigenvalue weighted by atomic mass is 9.86. The average Bonchev–Trinajstić information content (AvgIpc) is 2.24. The van der Waals surface area contributed by atoms with Crippen molar-refractivity contribution in [2.24, 2.45) is 5.92 Å². The second-order valence-corrected chi connectivity index (χ2v) is 5.01. The van der Waals surface area contributed by atoms with Gasteiger partial charge in [0.25, 0.3) is 0 Å². The van der Waals surface area contributed by atoms with Crippen LogP contribution in [-0.2, 0) is 4.79 Å². The maximum atomic E-state index is 10.9. The molecule has 94 valence electrons. The number of hydrogen-bond donors (Lipinski definition) is 2. The van der Waals surface area contributed by atoms with Crippen LogP contribution in [0.2, 0.25) is 0 Å². The molecule has 0 amide bonds. The normalized spacial score (nSPS) is 25.9. The van der Waals surface area contributed by atoms with Crippen LogP contribution in [0.4, 0.5) is 0 Å². The molecule has 2 unspecified atom stereocenters. The Morgan fingerprint density at radius 2 is 2.19 bits per heavy atom. The molecule has 0 spiro atoms. The molecule has 0 saturated heterocycles. The number of nitrogens with one attached hydrogen (secondary N) is 1. The van der Waals surface area contributed by atoms with E-state index in [0.29, 0.717) is 6.04 Å². The first-order chi connectivity index (χ1) is 7.59. The van der Waals surface area contributed by atoms with Gasteiger partial charge < -0.3 is 15.3 Å². The van der Waals surface area contributed by atoms with Gasteiger partial charge in [-0.2, -0.15) is 0 Å². The van der Waals surface area contributed by atoms with Gasteiger partial charge in [0.05, 0.1) is 5.92 Å². The van der Waals surface area contributed by atoms with E-state index in [2.05, 4.69) is 24.3 Å². The van der Waals surface area contributed by atoms with E-state index in [1.165, 1.54) is 0 Å². The van der Waals surface area contributed by atoms with Gasteiger partial charge in [0.15, 0.2) is 0 Å². The Morgan fingerprint density at radius 3 is 2.81 bits per heavy atom. The van der Waals surface area contributed by atoms with Crippen molar-refractivity contribution < 1.29 is 9.90 Å². The number of nitrogens with zero attached hydrogens (tertiary/aromatic N) is 1.